The second-order valence-electron chi connectivity index (χ2n) is 7.18. The van der Waals surface area contributed by atoms with E-state index in [4.69, 9.17) is 4.52 Å². The Balaban J connectivity index is 1.51. The van der Waals surface area contributed by atoms with Gasteiger partial charge in [0.05, 0.1) is 17.0 Å². The number of aromatic amines is 2. The summed E-state index contributed by atoms with van der Waals surface area (Å²) in [7, 11) is -3.79. The number of imidazole rings is 1. The molecule has 1 aromatic carbocycles. The summed E-state index contributed by atoms with van der Waals surface area (Å²) in [6, 6.07) is 5.04. The summed E-state index contributed by atoms with van der Waals surface area (Å²) in [5, 5.41) is 6.54. The molecular formula is C18H21N5O5S. The average Bonchev–Trinajstić information content (AvgIpc) is 3.22. The summed E-state index contributed by atoms with van der Waals surface area (Å²) in [6.45, 7) is 3.57. The molecule has 1 aliphatic heterocycles. The number of carbonyl (C=O) groups is 1. The number of aromatic nitrogens is 3. The third kappa shape index (κ3) is 3.58. The molecule has 1 atom stereocenters. The number of amides is 1. The van der Waals surface area contributed by atoms with E-state index in [9.17, 15) is 18.0 Å². The van der Waals surface area contributed by atoms with E-state index >= 15 is 0 Å². The molecule has 4 rings (SSSR count). The van der Waals surface area contributed by atoms with Gasteiger partial charge < -0.3 is 19.8 Å². The quantitative estimate of drug-likeness (QED) is 0.585. The van der Waals surface area contributed by atoms with Gasteiger partial charge in [-0.25, -0.2) is 13.2 Å². The molecule has 1 aliphatic rings. The zero-order valence-electron chi connectivity index (χ0n) is 16.0. The van der Waals surface area contributed by atoms with Crippen LogP contribution in [0.1, 0.15) is 24.3 Å². The van der Waals surface area contributed by atoms with E-state index in [-0.39, 0.29) is 28.8 Å². The minimum Gasteiger partial charge on any atom is -0.360 e. The number of rotatable bonds is 4. The fourth-order valence-electron chi connectivity index (χ4n) is 3.70. The molecule has 1 saturated heterocycles. The molecule has 0 radical (unpaired) electrons. The lowest BCUT2D eigenvalue weighted by Crippen LogP contribution is -2.43. The van der Waals surface area contributed by atoms with E-state index in [0.717, 1.165) is 0 Å². The molecule has 1 amide bonds. The zero-order chi connectivity index (χ0) is 20.8. The Labute approximate surface area is 166 Å². The standard InChI is InChI=1S/C18H21N5O5S/c1-10-16(11(2)28-22-10)29(26,27)23-7-3-4-12(9-23)17(24)19-13-5-6-14-15(8-13)21-18(25)20-14/h5-6,8,12H,3-4,7,9H2,1-2H3,(H,19,24)(H2,20,21,25)/t12-/m0/s1. The third-order valence-electron chi connectivity index (χ3n) is 5.10. The first-order chi connectivity index (χ1) is 13.8. The molecule has 0 saturated carbocycles. The van der Waals surface area contributed by atoms with Crippen molar-refractivity contribution in [2.75, 3.05) is 18.4 Å². The Morgan fingerprint density at radius 2 is 2.03 bits per heavy atom. The van der Waals surface area contributed by atoms with E-state index < -0.39 is 15.9 Å². The number of piperidine rings is 1. The molecule has 0 unspecified atom stereocenters. The maximum Gasteiger partial charge on any atom is 0.323 e. The largest absolute Gasteiger partial charge is 0.360 e. The van der Waals surface area contributed by atoms with Gasteiger partial charge in [-0.05, 0) is 44.9 Å². The monoisotopic (exact) mass is 419 g/mol. The van der Waals surface area contributed by atoms with Crippen LogP contribution in [0.15, 0.2) is 32.4 Å². The molecule has 10 nitrogen and oxygen atoms in total. The van der Waals surface area contributed by atoms with E-state index in [1.165, 1.54) is 4.31 Å². The highest BCUT2D eigenvalue weighted by atomic mass is 32.2. The van der Waals surface area contributed by atoms with Crippen LogP contribution in [0.5, 0.6) is 0 Å². The first-order valence-electron chi connectivity index (χ1n) is 9.21. The number of H-pyrrole nitrogens is 2. The number of benzene rings is 1. The van der Waals surface area contributed by atoms with Crippen molar-refractivity contribution < 1.29 is 17.7 Å². The second kappa shape index (κ2) is 7.16. The van der Waals surface area contributed by atoms with Crippen molar-refractivity contribution in [1.82, 2.24) is 19.4 Å². The van der Waals surface area contributed by atoms with Crippen molar-refractivity contribution in [2.45, 2.75) is 31.6 Å². The first kappa shape index (κ1) is 19.4. The molecule has 1 fully saturated rings. The fraction of sp³-hybridized carbons (Fsp3) is 0.389. The highest BCUT2D eigenvalue weighted by Gasteiger charge is 2.36. The van der Waals surface area contributed by atoms with Crippen LogP contribution in [-0.4, -0.2) is 46.8 Å². The number of fused-ring (bicyclic) bond motifs is 1. The number of nitrogens with zero attached hydrogens (tertiary/aromatic N) is 2. The van der Waals surface area contributed by atoms with E-state index in [2.05, 4.69) is 20.4 Å². The molecule has 3 N–H and O–H groups in total. The Morgan fingerprint density at radius 1 is 1.28 bits per heavy atom. The normalized spacial score (nSPS) is 18.2. The molecule has 154 valence electrons. The van der Waals surface area contributed by atoms with Crippen LogP contribution >= 0.6 is 0 Å². The maximum atomic E-state index is 13.0. The van der Waals surface area contributed by atoms with Crippen molar-refractivity contribution in [3.05, 3.63) is 40.1 Å². The summed E-state index contributed by atoms with van der Waals surface area (Å²) >= 11 is 0. The molecule has 11 heteroatoms. The number of nitrogens with one attached hydrogen (secondary N) is 3. The van der Waals surface area contributed by atoms with Crippen molar-refractivity contribution >= 4 is 32.7 Å². The summed E-state index contributed by atoms with van der Waals surface area (Å²) in [5.41, 5.74) is 1.74. The lowest BCUT2D eigenvalue weighted by Gasteiger charge is -2.31. The van der Waals surface area contributed by atoms with Crippen LogP contribution in [0.3, 0.4) is 0 Å². The minimum absolute atomic E-state index is 0.0698. The van der Waals surface area contributed by atoms with E-state index in [1.807, 2.05) is 0 Å². The number of carbonyl (C=O) groups excluding carboxylic acids is 1. The van der Waals surface area contributed by atoms with Gasteiger partial charge in [0.1, 0.15) is 10.6 Å². The minimum atomic E-state index is -3.79. The highest BCUT2D eigenvalue weighted by molar-refractivity contribution is 7.89. The van der Waals surface area contributed by atoms with Gasteiger partial charge in [0.2, 0.25) is 15.9 Å². The topological polar surface area (TPSA) is 141 Å². The van der Waals surface area contributed by atoms with Crippen LogP contribution in [-0.2, 0) is 14.8 Å². The summed E-state index contributed by atoms with van der Waals surface area (Å²) in [4.78, 5) is 29.5. The van der Waals surface area contributed by atoms with Crippen LogP contribution in [0.2, 0.25) is 0 Å². The smallest absolute Gasteiger partial charge is 0.323 e. The van der Waals surface area contributed by atoms with Crippen molar-refractivity contribution in [3.63, 3.8) is 0 Å². The predicted molar refractivity (Wildman–Crippen MR) is 105 cm³/mol. The highest BCUT2D eigenvalue weighted by Crippen LogP contribution is 2.28. The zero-order valence-corrected chi connectivity index (χ0v) is 16.8. The average molecular weight is 419 g/mol. The Bertz CT molecular complexity index is 1220. The van der Waals surface area contributed by atoms with Crippen molar-refractivity contribution in [3.8, 4) is 0 Å². The maximum absolute atomic E-state index is 13.0. The van der Waals surface area contributed by atoms with Gasteiger partial charge in [0, 0.05) is 18.8 Å². The number of hydrogen-bond donors (Lipinski definition) is 3. The van der Waals surface area contributed by atoms with Crippen LogP contribution in [0, 0.1) is 19.8 Å². The SMILES string of the molecule is Cc1noc(C)c1S(=O)(=O)N1CCC[C@H](C(=O)Nc2ccc3[nH]c(=O)[nH]c3c2)C1. The lowest BCUT2D eigenvalue weighted by atomic mass is 9.98. The van der Waals surface area contributed by atoms with Gasteiger partial charge in [-0.2, -0.15) is 4.31 Å². The fourth-order valence-corrected chi connectivity index (χ4v) is 5.52. The number of sulfonamides is 1. The molecule has 0 spiro atoms. The Kier molecular flexibility index (Phi) is 4.79. The third-order valence-corrected chi connectivity index (χ3v) is 7.21. The van der Waals surface area contributed by atoms with Gasteiger partial charge in [0.15, 0.2) is 5.76 Å². The molecule has 2 aromatic heterocycles. The molecule has 29 heavy (non-hydrogen) atoms. The molecule has 3 aromatic rings. The molecule has 0 aliphatic carbocycles. The van der Waals surface area contributed by atoms with Crippen molar-refractivity contribution in [2.24, 2.45) is 5.92 Å². The Morgan fingerprint density at radius 3 is 2.76 bits per heavy atom. The number of hydrogen-bond acceptors (Lipinski definition) is 6. The Hall–Kier alpha value is -2.92. The number of aryl methyl sites for hydroxylation is 2. The van der Waals surface area contributed by atoms with Gasteiger partial charge in [-0.3, -0.25) is 4.79 Å². The second-order valence-corrected chi connectivity index (χ2v) is 9.06. The molecule has 3 heterocycles. The summed E-state index contributed by atoms with van der Waals surface area (Å²) in [5.74, 6) is -0.510. The van der Waals surface area contributed by atoms with Gasteiger partial charge in [-0.1, -0.05) is 5.16 Å². The van der Waals surface area contributed by atoms with Crippen LogP contribution in [0.4, 0.5) is 5.69 Å². The van der Waals surface area contributed by atoms with Gasteiger partial charge in [0.25, 0.3) is 0 Å². The summed E-state index contributed by atoms with van der Waals surface area (Å²) in [6.07, 6.45) is 1.16. The van der Waals surface area contributed by atoms with Crippen molar-refractivity contribution in [1.29, 1.82) is 0 Å². The molecular weight excluding hydrogens is 398 g/mol. The van der Waals surface area contributed by atoms with E-state index in [1.54, 1.807) is 32.0 Å². The first-order valence-corrected chi connectivity index (χ1v) is 10.7. The lowest BCUT2D eigenvalue weighted by molar-refractivity contribution is -0.120. The summed E-state index contributed by atoms with van der Waals surface area (Å²) < 4.78 is 32.4. The predicted octanol–water partition coefficient (Wildman–Crippen LogP) is 1.50. The van der Waals surface area contributed by atoms with Crippen LogP contribution in [0.25, 0.3) is 11.0 Å². The van der Waals surface area contributed by atoms with Crippen LogP contribution < -0.4 is 11.0 Å². The number of anilines is 1. The van der Waals surface area contributed by atoms with Gasteiger partial charge in [-0.15, -0.1) is 0 Å². The van der Waals surface area contributed by atoms with E-state index in [0.29, 0.717) is 41.8 Å². The molecule has 0 bridgehead atoms. The van der Waals surface area contributed by atoms with Gasteiger partial charge >= 0.3 is 5.69 Å².